The van der Waals surface area contributed by atoms with Crippen molar-refractivity contribution in [2.75, 3.05) is 11.4 Å². The Morgan fingerprint density at radius 3 is 2.95 bits per heavy atom. The largest absolute Gasteiger partial charge is 0.335 e. The van der Waals surface area contributed by atoms with Crippen molar-refractivity contribution in [1.29, 1.82) is 0 Å². The second-order valence-electron chi connectivity index (χ2n) is 5.26. The van der Waals surface area contributed by atoms with Crippen LogP contribution >= 0.6 is 12.2 Å². The molecule has 1 aromatic carbocycles. The van der Waals surface area contributed by atoms with E-state index in [-0.39, 0.29) is 5.82 Å². The molecule has 0 N–H and O–H groups in total. The molecule has 0 aliphatic carbocycles. The van der Waals surface area contributed by atoms with E-state index in [1.165, 1.54) is 5.56 Å². The van der Waals surface area contributed by atoms with Crippen molar-refractivity contribution >= 4 is 22.9 Å². The second-order valence-corrected chi connectivity index (χ2v) is 5.73. The summed E-state index contributed by atoms with van der Waals surface area (Å²) in [7, 11) is 0. The quantitative estimate of drug-likeness (QED) is 0.745. The molecular weight excluding hydrogens is 271 g/mol. The smallest absolute Gasteiger partial charge is 0.136 e. The van der Waals surface area contributed by atoms with Crippen molar-refractivity contribution in [2.24, 2.45) is 0 Å². The predicted octanol–water partition coefficient (Wildman–Crippen LogP) is 3.52. The molecule has 0 fully saturated rings. The zero-order valence-corrected chi connectivity index (χ0v) is 11.7. The monoisotopic (exact) mass is 284 g/mol. The Balaban J connectivity index is 1.96. The fraction of sp³-hybridized carbons (Fsp3) is 0.250. The van der Waals surface area contributed by atoms with Gasteiger partial charge in [-0.15, -0.1) is 0 Å². The molecule has 0 radical (unpaired) electrons. The summed E-state index contributed by atoms with van der Waals surface area (Å²) in [4.78, 5) is 7.15. The third kappa shape index (κ3) is 1.61. The van der Waals surface area contributed by atoms with Crippen molar-refractivity contribution in [1.82, 2.24) is 4.98 Å². The van der Waals surface area contributed by atoms with E-state index in [2.05, 4.69) is 9.88 Å². The standard InChI is InChI=1S/C16H13FN2S/c17-15-12-3-4-14(20)19-7-5-10(16(12)19)8-13(15)11-2-1-6-18-9-11/h1-2,6,8-9H,3-5,7H2. The lowest BCUT2D eigenvalue weighted by Crippen LogP contribution is -2.32. The summed E-state index contributed by atoms with van der Waals surface area (Å²) in [6.45, 7) is 0.886. The molecule has 3 heterocycles. The molecule has 0 saturated carbocycles. The first-order chi connectivity index (χ1) is 9.75. The normalized spacial score (nSPS) is 16.4. The Bertz CT molecular complexity index is 712. The maximum atomic E-state index is 14.9. The average Bonchev–Trinajstić information content (AvgIpc) is 2.91. The highest BCUT2D eigenvalue weighted by atomic mass is 32.1. The van der Waals surface area contributed by atoms with Crippen molar-refractivity contribution in [3.8, 4) is 11.1 Å². The Morgan fingerprint density at radius 2 is 2.15 bits per heavy atom. The van der Waals surface area contributed by atoms with Gasteiger partial charge in [-0.3, -0.25) is 4.98 Å². The number of pyridine rings is 1. The van der Waals surface area contributed by atoms with E-state index in [1.54, 1.807) is 12.4 Å². The second kappa shape index (κ2) is 4.35. The lowest BCUT2D eigenvalue weighted by atomic mass is 9.93. The van der Waals surface area contributed by atoms with Gasteiger partial charge in [0.15, 0.2) is 0 Å². The number of benzene rings is 1. The molecule has 2 aromatic rings. The summed E-state index contributed by atoms with van der Waals surface area (Å²) in [5.74, 6) is -0.105. The van der Waals surface area contributed by atoms with Crippen molar-refractivity contribution in [3.63, 3.8) is 0 Å². The third-order valence-electron chi connectivity index (χ3n) is 4.15. The molecule has 4 heteroatoms. The van der Waals surface area contributed by atoms with Gasteiger partial charge in [0.2, 0.25) is 0 Å². The Hall–Kier alpha value is -1.81. The average molecular weight is 284 g/mol. The van der Waals surface area contributed by atoms with Crippen LogP contribution in [0, 0.1) is 5.82 Å². The summed E-state index contributed by atoms with van der Waals surface area (Å²) in [6.07, 6.45) is 5.85. The number of anilines is 1. The number of nitrogens with zero attached hydrogens (tertiary/aromatic N) is 2. The summed E-state index contributed by atoms with van der Waals surface area (Å²) >= 11 is 5.40. The van der Waals surface area contributed by atoms with Crippen LogP contribution in [0.1, 0.15) is 17.5 Å². The minimum absolute atomic E-state index is 0.105. The molecule has 20 heavy (non-hydrogen) atoms. The van der Waals surface area contributed by atoms with E-state index in [4.69, 9.17) is 12.2 Å². The number of thiocarbonyl (C=S) groups is 1. The zero-order valence-electron chi connectivity index (χ0n) is 10.9. The van der Waals surface area contributed by atoms with E-state index >= 15 is 0 Å². The van der Waals surface area contributed by atoms with Crippen LogP contribution < -0.4 is 4.90 Å². The summed E-state index contributed by atoms with van der Waals surface area (Å²) in [5.41, 5.74) is 4.58. The molecule has 0 bridgehead atoms. The topological polar surface area (TPSA) is 16.1 Å². The number of hydrogen-bond donors (Lipinski definition) is 0. The fourth-order valence-corrected chi connectivity index (χ4v) is 3.50. The summed E-state index contributed by atoms with van der Waals surface area (Å²) in [5, 5.41) is 0. The zero-order chi connectivity index (χ0) is 13.7. The lowest BCUT2D eigenvalue weighted by molar-refractivity contribution is 0.612. The Labute approximate surface area is 122 Å². The van der Waals surface area contributed by atoms with E-state index in [0.717, 1.165) is 41.2 Å². The van der Waals surface area contributed by atoms with Crippen LogP contribution in [0.25, 0.3) is 11.1 Å². The molecule has 0 saturated heterocycles. The maximum Gasteiger partial charge on any atom is 0.136 e. The van der Waals surface area contributed by atoms with Crippen LogP contribution in [-0.2, 0) is 12.8 Å². The lowest BCUT2D eigenvalue weighted by Gasteiger charge is -2.28. The maximum absolute atomic E-state index is 14.9. The SMILES string of the molecule is Fc1c(-c2cccnc2)cc2c3c1CCC(=S)N3CC2. The Morgan fingerprint density at radius 1 is 1.25 bits per heavy atom. The molecule has 2 nitrogen and oxygen atoms in total. The molecule has 4 rings (SSSR count). The Kier molecular flexibility index (Phi) is 2.60. The summed E-state index contributed by atoms with van der Waals surface area (Å²) in [6, 6.07) is 5.72. The molecular formula is C16H13FN2S. The highest BCUT2D eigenvalue weighted by Crippen LogP contribution is 2.42. The highest BCUT2D eigenvalue weighted by Gasteiger charge is 2.32. The van der Waals surface area contributed by atoms with Gasteiger partial charge in [-0.2, -0.15) is 0 Å². The van der Waals surface area contributed by atoms with Crippen molar-refractivity contribution in [3.05, 3.63) is 47.5 Å². The van der Waals surface area contributed by atoms with Gasteiger partial charge in [0.05, 0.1) is 10.7 Å². The predicted molar refractivity (Wildman–Crippen MR) is 81.6 cm³/mol. The van der Waals surface area contributed by atoms with Gasteiger partial charge in [0.25, 0.3) is 0 Å². The first kappa shape index (κ1) is 12.0. The fourth-order valence-electron chi connectivity index (χ4n) is 3.21. The van der Waals surface area contributed by atoms with Gasteiger partial charge in [-0.25, -0.2) is 4.39 Å². The number of hydrogen-bond acceptors (Lipinski definition) is 2. The molecule has 2 aliphatic rings. The van der Waals surface area contributed by atoms with E-state index < -0.39 is 0 Å². The van der Waals surface area contributed by atoms with Crippen molar-refractivity contribution in [2.45, 2.75) is 19.3 Å². The molecule has 0 unspecified atom stereocenters. The molecule has 100 valence electrons. The van der Waals surface area contributed by atoms with Crippen LogP contribution in [0.5, 0.6) is 0 Å². The van der Waals surface area contributed by atoms with Gasteiger partial charge in [0, 0.05) is 42.0 Å². The van der Waals surface area contributed by atoms with Gasteiger partial charge >= 0.3 is 0 Å². The number of rotatable bonds is 1. The molecule has 0 amide bonds. The minimum atomic E-state index is -0.105. The number of aromatic nitrogens is 1. The minimum Gasteiger partial charge on any atom is -0.335 e. The molecule has 2 aliphatic heterocycles. The van der Waals surface area contributed by atoms with Crippen LogP contribution in [0.4, 0.5) is 10.1 Å². The van der Waals surface area contributed by atoms with Crippen molar-refractivity contribution < 1.29 is 4.39 Å². The number of halogens is 1. The first-order valence-corrected chi connectivity index (χ1v) is 7.21. The van der Waals surface area contributed by atoms with E-state index in [0.29, 0.717) is 12.0 Å². The molecule has 0 spiro atoms. The first-order valence-electron chi connectivity index (χ1n) is 6.80. The van der Waals surface area contributed by atoms with Gasteiger partial charge in [-0.05, 0) is 30.5 Å². The van der Waals surface area contributed by atoms with E-state index in [9.17, 15) is 4.39 Å². The van der Waals surface area contributed by atoms with Gasteiger partial charge < -0.3 is 4.90 Å². The summed E-state index contributed by atoms with van der Waals surface area (Å²) < 4.78 is 14.9. The third-order valence-corrected chi connectivity index (χ3v) is 4.57. The highest BCUT2D eigenvalue weighted by molar-refractivity contribution is 7.80. The van der Waals surface area contributed by atoms with Gasteiger partial charge in [0.1, 0.15) is 5.82 Å². The van der Waals surface area contributed by atoms with Crippen LogP contribution in [0.2, 0.25) is 0 Å². The van der Waals surface area contributed by atoms with Gasteiger partial charge in [-0.1, -0.05) is 18.3 Å². The van der Waals surface area contributed by atoms with Crippen LogP contribution in [0.3, 0.4) is 0 Å². The van der Waals surface area contributed by atoms with E-state index in [1.807, 2.05) is 18.2 Å². The van der Waals surface area contributed by atoms with Crippen LogP contribution in [0.15, 0.2) is 30.6 Å². The van der Waals surface area contributed by atoms with Crippen LogP contribution in [-0.4, -0.2) is 16.5 Å². The molecule has 0 atom stereocenters. The molecule has 1 aromatic heterocycles.